The van der Waals surface area contributed by atoms with Crippen molar-refractivity contribution in [2.24, 2.45) is 5.41 Å². The molecule has 1 heterocycles. The van der Waals surface area contributed by atoms with Crippen LogP contribution >= 0.6 is 0 Å². The Morgan fingerprint density at radius 3 is 2.69 bits per heavy atom. The topological polar surface area (TPSA) is 57.8 Å². The van der Waals surface area contributed by atoms with Crippen LogP contribution < -0.4 is 5.32 Å². The van der Waals surface area contributed by atoms with Gasteiger partial charge >= 0.3 is 0 Å². The Kier molecular flexibility index (Phi) is 4.10. The van der Waals surface area contributed by atoms with Crippen LogP contribution in [-0.2, 0) is 4.79 Å². The lowest BCUT2D eigenvalue weighted by Gasteiger charge is -2.20. The van der Waals surface area contributed by atoms with Crippen LogP contribution in [0.15, 0.2) is 12.4 Å². The summed E-state index contributed by atoms with van der Waals surface area (Å²) in [5.74, 6) is 0.903. The molecule has 0 radical (unpaired) electrons. The number of nitrogens with zero attached hydrogens (tertiary/aromatic N) is 1. The summed E-state index contributed by atoms with van der Waals surface area (Å²) in [6, 6.07) is -0.00940. The van der Waals surface area contributed by atoms with Crippen molar-refractivity contribution in [3.05, 3.63) is 18.2 Å². The fourth-order valence-corrected chi connectivity index (χ4v) is 1.56. The van der Waals surface area contributed by atoms with Crippen molar-refractivity contribution < 1.29 is 4.79 Å². The summed E-state index contributed by atoms with van der Waals surface area (Å²) in [6.45, 7) is 8.20. The first kappa shape index (κ1) is 12.7. The zero-order valence-corrected chi connectivity index (χ0v) is 10.5. The molecular weight excluding hydrogens is 202 g/mol. The lowest BCUT2D eigenvalue weighted by Crippen LogP contribution is -2.31. The highest BCUT2D eigenvalue weighted by atomic mass is 16.1. The summed E-state index contributed by atoms with van der Waals surface area (Å²) in [6.07, 6.45) is 4.84. The minimum absolute atomic E-state index is 0.00940. The fourth-order valence-electron chi connectivity index (χ4n) is 1.56. The zero-order chi connectivity index (χ0) is 12.2. The summed E-state index contributed by atoms with van der Waals surface area (Å²) in [5, 5.41) is 2.99. The standard InChI is InChI=1S/C12H21N3O/c1-5-9(11-13-6-7-14-11)15-10(16)8-12(2,3)4/h6-7,9H,5,8H2,1-4H3,(H,13,14)(H,15,16). The average Bonchev–Trinajstić information content (AvgIpc) is 2.63. The molecule has 0 aromatic carbocycles. The number of aromatic nitrogens is 2. The molecule has 1 amide bonds. The highest BCUT2D eigenvalue weighted by Gasteiger charge is 2.19. The van der Waals surface area contributed by atoms with Crippen molar-refractivity contribution >= 4 is 5.91 Å². The second kappa shape index (κ2) is 5.14. The normalized spacial score (nSPS) is 13.5. The van der Waals surface area contributed by atoms with Gasteiger partial charge in [-0.15, -0.1) is 0 Å². The van der Waals surface area contributed by atoms with Gasteiger partial charge in [-0.3, -0.25) is 4.79 Å². The van der Waals surface area contributed by atoms with Gasteiger partial charge in [0.2, 0.25) is 5.91 Å². The van der Waals surface area contributed by atoms with Crippen LogP contribution in [0.4, 0.5) is 0 Å². The molecule has 0 bridgehead atoms. The first-order valence-corrected chi connectivity index (χ1v) is 5.71. The van der Waals surface area contributed by atoms with Gasteiger partial charge in [-0.25, -0.2) is 4.98 Å². The molecule has 0 spiro atoms. The molecule has 4 nitrogen and oxygen atoms in total. The molecule has 1 rings (SSSR count). The summed E-state index contributed by atoms with van der Waals surface area (Å²) in [4.78, 5) is 19.0. The van der Waals surface area contributed by atoms with Crippen molar-refractivity contribution in [1.29, 1.82) is 0 Å². The number of nitrogens with one attached hydrogen (secondary N) is 2. The minimum Gasteiger partial charge on any atom is -0.347 e. The molecule has 0 saturated heterocycles. The summed E-state index contributed by atoms with van der Waals surface area (Å²) in [5.41, 5.74) is 0.0194. The Morgan fingerprint density at radius 2 is 2.25 bits per heavy atom. The predicted molar refractivity (Wildman–Crippen MR) is 63.8 cm³/mol. The maximum Gasteiger partial charge on any atom is 0.221 e. The van der Waals surface area contributed by atoms with Gasteiger partial charge < -0.3 is 10.3 Å². The van der Waals surface area contributed by atoms with Crippen molar-refractivity contribution in [2.75, 3.05) is 0 Å². The van der Waals surface area contributed by atoms with Gasteiger partial charge in [0.1, 0.15) is 5.82 Å². The number of carbonyl (C=O) groups excluding carboxylic acids is 1. The number of amides is 1. The third kappa shape index (κ3) is 4.04. The number of hydrogen-bond donors (Lipinski definition) is 2. The Bertz CT molecular complexity index is 325. The number of aromatic amines is 1. The van der Waals surface area contributed by atoms with E-state index >= 15 is 0 Å². The van der Waals surface area contributed by atoms with E-state index in [1.165, 1.54) is 0 Å². The van der Waals surface area contributed by atoms with Gasteiger partial charge in [-0.1, -0.05) is 27.7 Å². The first-order chi connectivity index (χ1) is 7.42. The van der Waals surface area contributed by atoms with Crippen LogP contribution in [-0.4, -0.2) is 15.9 Å². The smallest absolute Gasteiger partial charge is 0.221 e. The number of carbonyl (C=O) groups is 1. The van der Waals surface area contributed by atoms with Gasteiger partial charge in [0.05, 0.1) is 6.04 Å². The SMILES string of the molecule is CCC(NC(=O)CC(C)(C)C)c1ncc[nH]1. The van der Waals surface area contributed by atoms with Crippen LogP contribution in [0.25, 0.3) is 0 Å². The van der Waals surface area contributed by atoms with Crippen molar-refractivity contribution in [1.82, 2.24) is 15.3 Å². The molecule has 1 atom stereocenters. The average molecular weight is 223 g/mol. The molecular formula is C12H21N3O. The van der Waals surface area contributed by atoms with Crippen molar-refractivity contribution in [3.8, 4) is 0 Å². The summed E-state index contributed by atoms with van der Waals surface area (Å²) < 4.78 is 0. The van der Waals surface area contributed by atoms with Crippen LogP contribution in [0.3, 0.4) is 0 Å². The molecule has 0 fully saturated rings. The molecule has 1 aromatic heterocycles. The van der Waals surface area contributed by atoms with Crippen LogP contribution in [0.2, 0.25) is 0 Å². The molecule has 0 aliphatic rings. The maximum atomic E-state index is 11.8. The van der Waals surface area contributed by atoms with E-state index in [0.29, 0.717) is 6.42 Å². The summed E-state index contributed by atoms with van der Waals surface area (Å²) >= 11 is 0. The highest BCUT2D eigenvalue weighted by Crippen LogP contribution is 2.19. The number of rotatable bonds is 4. The van der Waals surface area contributed by atoms with Gasteiger partial charge in [-0.2, -0.15) is 0 Å². The van der Waals surface area contributed by atoms with Crippen LogP contribution in [0.5, 0.6) is 0 Å². The lowest BCUT2D eigenvalue weighted by molar-refractivity contribution is -0.123. The Balaban J connectivity index is 2.55. The minimum atomic E-state index is -0.00940. The van der Waals surface area contributed by atoms with E-state index in [9.17, 15) is 4.79 Å². The van der Waals surface area contributed by atoms with E-state index in [1.54, 1.807) is 12.4 Å². The van der Waals surface area contributed by atoms with E-state index in [2.05, 4.69) is 36.1 Å². The second-order valence-corrected chi connectivity index (χ2v) is 5.24. The lowest BCUT2D eigenvalue weighted by atomic mass is 9.92. The zero-order valence-electron chi connectivity index (χ0n) is 10.5. The van der Waals surface area contributed by atoms with E-state index in [4.69, 9.17) is 0 Å². The van der Waals surface area contributed by atoms with Gasteiger partial charge in [0.25, 0.3) is 0 Å². The van der Waals surface area contributed by atoms with Crippen molar-refractivity contribution in [2.45, 2.75) is 46.6 Å². The van der Waals surface area contributed by atoms with E-state index in [0.717, 1.165) is 12.2 Å². The summed E-state index contributed by atoms with van der Waals surface area (Å²) in [7, 11) is 0. The molecule has 4 heteroatoms. The number of imidazole rings is 1. The number of hydrogen-bond acceptors (Lipinski definition) is 2. The third-order valence-corrected chi connectivity index (χ3v) is 2.28. The van der Waals surface area contributed by atoms with Crippen LogP contribution in [0.1, 0.15) is 52.4 Å². The molecule has 90 valence electrons. The molecule has 1 unspecified atom stereocenters. The van der Waals surface area contributed by atoms with E-state index in [1.807, 2.05) is 6.92 Å². The third-order valence-electron chi connectivity index (χ3n) is 2.28. The van der Waals surface area contributed by atoms with Gasteiger partial charge in [0.15, 0.2) is 0 Å². The highest BCUT2D eigenvalue weighted by molar-refractivity contribution is 5.76. The predicted octanol–water partition coefficient (Wildman–Crippen LogP) is 2.41. The van der Waals surface area contributed by atoms with Gasteiger partial charge in [0, 0.05) is 18.8 Å². The molecule has 2 N–H and O–H groups in total. The Hall–Kier alpha value is -1.32. The van der Waals surface area contributed by atoms with E-state index in [-0.39, 0.29) is 17.4 Å². The monoisotopic (exact) mass is 223 g/mol. The Labute approximate surface area is 96.9 Å². The molecule has 1 aromatic rings. The largest absolute Gasteiger partial charge is 0.347 e. The second-order valence-electron chi connectivity index (χ2n) is 5.24. The molecule has 0 aliphatic heterocycles. The van der Waals surface area contributed by atoms with Crippen LogP contribution in [0, 0.1) is 5.41 Å². The fraction of sp³-hybridized carbons (Fsp3) is 0.667. The van der Waals surface area contributed by atoms with Gasteiger partial charge in [-0.05, 0) is 11.8 Å². The van der Waals surface area contributed by atoms with Crippen molar-refractivity contribution in [3.63, 3.8) is 0 Å². The Morgan fingerprint density at radius 1 is 1.56 bits per heavy atom. The number of H-pyrrole nitrogens is 1. The quantitative estimate of drug-likeness (QED) is 0.823. The van der Waals surface area contributed by atoms with E-state index < -0.39 is 0 Å². The molecule has 16 heavy (non-hydrogen) atoms. The maximum absolute atomic E-state index is 11.8. The first-order valence-electron chi connectivity index (χ1n) is 5.71. The molecule has 0 saturated carbocycles. The molecule has 0 aliphatic carbocycles.